The van der Waals surface area contributed by atoms with Crippen molar-refractivity contribution < 1.29 is 22.8 Å². The molecule has 114 valence electrons. The molecule has 0 aliphatic rings. The van der Waals surface area contributed by atoms with Crippen molar-refractivity contribution in [2.75, 3.05) is 0 Å². The van der Waals surface area contributed by atoms with Gasteiger partial charge in [0.05, 0.1) is 23.6 Å². The molecule has 2 aromatic rings. The molecule has 0 saturated heterocycles. The predicted molar refractivity (Wildman–Crippen MR) is 69.9 cm³/mol. The zero-order valence-corrected chi connectivity index (χ0v) is 12.2. The topological polar surface area (TPSA) is 127 Å². The lowest BCUT2D eigenvalue weighted by Crippen LogP contribution is -2.24. The van der Waals surface area contributed by atoms with Gasteiger partial charge in [0.2, 0.25) is 10.0 Å². The van der Waals surface area contributed by atoms with Crippen LogP contribution in [0.3, 0.4) is 0 Å². The van der Waals surface area contributed by atoms with E-state index >= 15 is 0 Å². The van der Waals surface area contributed by atoms with Crippen molar-refractivity contribution in [3.05, 3.63) is 29.4 Å². The molecule has 21 heavy (non-hydrogen) atoms. The van der Waals surface area contributed by atoms with Crippen LogP contribution in [0.15, 0.2) is 21.7 Å². The first kappa shape index (κ1) is 15.2. The van der Waals surface area contributed by atoms with Crippen molar-refractivity contribution in [3.8, 4) is 0 Å². The number of nitrogens with one attached hydrogen (secondary N) is 1. The molecule has 2 rings (SSSR count). The molecule has 0 bridgehead atoms. The van der Waals surface area contributed by atoms with Crippen LogP contribution in [0.4, 0.5) is 0 Å². The van der Waals surface area contributed by atoms with Crippen molar-refractivity contribution >= 4 is 16.0 Å². The third-order valence-corrected chi connectivity index (χ3v) is 4.46. The van der Waals surface area contributed by atoms with Gasteiger partial charge in [-0.25, -0.2) is 13.1 Å². The molecule has 0 aliphatic heterocycles. The molecule has 2 N–H and O–H groups in total. The Bertz CT molecular complexity index is 748. The number of carboxylic acids is 1. The van der Waals surface area contributed by atoms with E-state index < -0.39 is 22.5 Å². The van der Waals surface area contributed by atoms with Crippen LogP contribution in [0.25, 0.3) is 0 Å². The minimum atomic E-state index is -3.82. The van der Waals surface area contributed by atoms with E-state index in [9.17, 15) is 13.2 Å². The van der Waals surface area contributed by atoms with E-state index in [1.807, 2.05) is 0 Å². The summed E-state index contributed by atoms with van der Waals surface area (Å²) in [5.74, 6) is -1.10. The van der Waals surface area contributed by atoms with Gasteiger partial charge in [-0.15, -0.1) is 0 Å². The Balaban J connectivity index is 2.27. The maximum atomic E-state index is 12.3. The number of aryl methyl sites for hydroxylation is 1. The number of carboxylic acid groups (broad SMARTS) is 1. The van der Waals surface area contributed by atoms with E-state index in [-0.39, 0.29) is 22.8 Å². The van der Waals surface area contributed by atoms with Gasteiger partial charge in [-0.1, -0.05) is 5.16 Å². The Morgan fingerprint density at radius 2 is 2.19 bits per heavy atom. The minimum Gasteiger partial charge on any atom is -0.480 e. The van der Waals surface area contributed by atoms with E-state index in [0.717, 1.165) is 4.68 Å². The molecule has 10 heteroatoms. The van der Waals surface area contributed by atoms with E-state index in [1.165, 1.54) is 26.2 Å². The smallest absolute Gasteiger partial charge is 0.325 e. The number of carbonyl (C=O) groups is 1. The zero-order chi connectivity index (χ0) is 15.6. The quantitative estimate of drug-likeness (QED) is 0.771. The summed E-state index contributed by atoms with van der Waals surface area (Å²) in [6, 6.07) is 1.54. The summed E-state index contributed by atoms with van der Waals surface area (Å²) < 4.78 is 32.7. The molecule has 0 fully saturated rings. The lowest BCUT2D eigenvalue weighted by Gasteiger charge is -2.06. The summed E-state index contributed by atoms with van der Waals surface area (Å²) in [5, 5.41) is 16.3. The molecular formula is C11H14N4O5S. The highest BCUT2D eigenvalue weighted by Gasteiger charge is 2.25. The summed E-state index contributed by atoms with van der Waals surface area (Å²) in [6.45, 7) is 2.59. The van der Waals surface area contributed by atoms with Crippen LogP contribution in [-0.2, 0) is 27.9 Å². The maximum absolute atomic E-state index is 12.3. The summed E-state index contributed by atoms with van der Waals surface area (Å²) in [6.07, 6.45) is 1.34. The number of aromatic nitrogens is 3. The highest BCUT2D eigenvalue weighted by atomic mass is 32.2. The van der Waals surface area contributed by atoms with E-state index in [0.29, 0.717) is 5.69 Å². The van der Waals surface area contributed by atoms with E-state index in [2.05, 4.69) is 19.5 Å². The predicted octanol–water partition coefficient (Wildman–Crippen LogP) is 0.0510. The highest BCUT2D eigenvalue weighted by Crippen LogP contribution is 2.19. The van der Waals surface area contributed by atoms with Crippen molar-refractivity contribution in [3.63, 3.8) is 0 Å². The van der Waals surface area contributed by atoms with E-state index in [1.54, 1.807) is 0 Å². The third kappa shape index (κ3) is 3.28. The Kier molecular flexibility index (Phi) is 4.09. The zero-order valence-electron chi connectivity index (χ0n) is 11.4. The first-order valence-electron chi connectivity index (χ1n) is 5.96. The van der Waals surface area contributed by atoms with Crippen molar-refractivity contribution in [1.29, 1.82) is 0 Å². The number of hydrogen-bond acceptors (Lipinski definition) is 6. The summed E-state index contributed by atoms with van der Waals surface area (Å²) >= 11 is 0. The molecule has 2 heterocycles. The van der Waals surface area contributed by atoms with Crippen LogP contribution < -0.4 is 4.72 Å². The number of aliphatic carboxylic acids is 1. The first-order chi connectivity index (χ1) is 9.81. The largest absolute Gasteiger partial charge is 0.480 e. The van der Waals surface area contributed by atoms with Gasteiger partial charge in [0.15, 0.2) is 0 Å². The summed E-state index contributed by atoms with van der Waals surface area (Å²) in [4.78, 5) is 10.7. The van der Waals surface area contributed by atoms with Gasteiger partial charge in [0.1, 0.15) is 17.7 Å². The lowest BCUT2D eigenvalue weighted by atomic mass is 10.4. The average Bonchev–Trinajstić information content (AvgIpc) is 2.96. The van der Waals surface area contributed by atoms with Gasteiger partial charge in [0.25, 0.3) is 0 Å². The first-order valence-corrected chi connectivity index (χ1v) is 7.44. The second kappa shape index (κ2) is 5.66. The Morgan fingerprint density at radius 3 is 2.76 bits per heavy atom. The third-order valence-electron chi connectivity index (χ3n) is 2.80. The van der Waals surface area contributed by atoms with Crippen molar-refractivity contribution in [2.24, 2.45) is 0 Å². The SMILES string of the molecule is Cc1nn(CC(=O)O)c(C)c1S(=O)(=O)NCc1ccon1. The van der Waals surface area contributed by atoms with Crippen LogP contribution in [0.5, 0.6) is 0 Å². The van der Waals surface area contributed by atoms with Crippen LogP contribution in [0, 0.1) is 13.8 Å². The molecule has 0 atom stereocenters. The van der Waals surface area contributed by atoms with Crippen molar-refractivity contribution in [2.45, 2.75) is 31.8 Å². The fraction of sp³-hybridized carbons (Fsp3) is 0.364. The van der Waals surface area contributed by atoms with Gasteiger partial charge in [0, 0.05) is 6.07 Å². The molecule has 2 aromatic heterocycles. The molecule has 0 radical (unpaired) electrons. The maximum Gasteiger partial charge on any atom is 0.325 e. The Labute approximate surface area is 120 Å². The van der Waals surface area contributed by atoms with Gasteiger partial charge in [-0.3, -0.25) is 9.48 Å². The van der Waals surface area contributed by atoms with Crippen LogP contribution in [-0.4, -0.2) is 34.4 Å². The van der Waals surface area contributed by atoms with Crippen LogP contribution >= 0.6 is 0 Å². The molecule has 0 amide bonds. The molecule has 0 saturated carbocycles. The van der Waals surface area contributed by atoms with Gasteiger partial charge in [-0.2, -0.15) is 5.10 Å². The second-order valence-electron chi connectivity index (χ2n) is 4.37. The number of nitrogens with zero attached hydrogens (tertiary/aromatic N) is 3. The number of sulfonamides is 1. The van der Waals surface area contributed by atoms with Gasteiger partial charge >= 0.3 is 5.97 Å². The average molecular weight is 314 g/mol. The van der Waals surface area contributed by atoms with Crippen LogP contribution in [0.2, 0.25) is 0 Å². The monoisotopic (exact) mass is 314 g/mol. The minimum absolute atomic E-state index is 0.0211. The van der Waals surface area contributed by atoms with Gasteiger partial charge < -0.3 is 9.63 Å². The molecular weight excluding hydrogens is 300 g/mol. The molecule has 0 aromatic carbocycles. The Hall–Kier alpha value is -2.20. The molecule has 0 spiro atoms. The second-order valence-corrected chi connectivity index (χ2v) is 6.07. The fourth-order valence-electron chi connectivity index (χ4n) is 1.92. The summed E-state index contributed by atoms with van der Waals surface area (Å²) in [5.41, 5.74) is 0.941. The number of hydrogen-bond donors (Lipinski definition) is 2. The summed E-state index contributed by atoms with van der Waals surface area (Å²) in [7, 11) is -3.82. The molecule has 0 aliphatic carbocycles. The Morgan fingerprint density at radius 1 is 1.48 bits per heavy atom. The lowest BCUT2D eigenvalue weighted by molar-refractivity contribution is -0.137. The molecule has 9 nitrogen and oxygen atoms in total. The molecule has 0 unspecified atom stereocenters. The van der Waals surface area contributed by atoms with Gasteiger partial charge in [-0.05, 0) is 13.8 Å². The highest BCUT2D eigenvalue weighted by molar-refractivity contribution is 7.89. The number of rotatable bonds is 6. The van der Waals surface area contributed by atoms with Crippen LogP contribution in [0.1, 0.15) is 17.1 Å². The standard InChI is InChI=1S/C11H14N4O5S/c1-7-11(8(2)15(13-7)6-10(16)17)21(18,19)12-5-9-3-4-20-14-9/h3-4,12H,5-6H2,1-2H3,(H,16,17). The fourth-order valence-corrected chi connectivity index (χ4v) is 3.33. The van der Waals surface area contributed by atoms with E-state index in [4.69, 9.17) is 5.11 Å². The van der Waals surface area contributed by atoms with Crippen molar-refractivity contribution in [1.82, 2.24) is 19.7 Å². The normalized spacial score (nSPS) is 11.7.